The van der Waals surface area contributed by atoms with Gasteiger partial charge in [-0.25, -0.2) is 9.97 Å². The molecule has 1 amide bonds. The Labute approximate surface area is 149 Å². The van der Waals surface area contributed by atoms with Gasteiger partial charge in [-0.1, -0.05) is 23.2 Å². The molecule has 3 rings (SSSR count). The van der Waals surface area contributed by atoms with E-state index in [4.69, 9.17) is 32.7 Å². The predicted octanol–water partition coefficient (Wildman–Crippen LogP) is 2.84. The highest BCUT2D eigenvalue weighted by Crippen LogP contribution is 2.27. The Kier molecular flexibility index (Phi) is 5.37. The zero-order valence-electron chi connectivity index (χ0n) is 12.7. The molecule has 0 bridgehead atoms. The number of halogens is 2. The van der Waals surface area contributed by atoms with Gasteiger partial charge in [0.25, 0.3) is 5.91 Å². The molecule has 8 heteroatoms. The van der Waals surface area contributed by atoms with Gasteiger partial charge < -0.3 is 14.4 Å². The summed E-state index contributed by atoms with van der Waals surface area (Å²) in [6.07, 6.45) is 3.71. The summed E-state index contributed by atoms with van der Waals surface area (Å²) in [5.41, 5.74) is 0. The van der Waals surface area contributed by atoms with Gasteiger partial charge in [-0.05, 0) is 18.2 Å². The number of aromatic nitrogens is 2. The molecule has 0 radical (unpaired) electrons. The van der Waals surface area contributed by atoms with Gasteiger partial charge in [0.15, 0.2) is 6.61 Å². The number of benzene rings is 1. The maximum Gasteiger partial charge on any atom is 0.260 e. The summed E-state index contributed by atoms with van der Waals surface area (Å²) >= 11 is 11.8. The molecule has 1 fully saturated rings. The highest BCUT2D eigenvalue weighted by molar-refractivity contribution is 6.35. The van der Waals surface area contributed by atoms with E-state index in [0.717, 1.165) is 6.42 Å². The summed E-state index contributed by atoms with van der Waals surface area (Å²) in [6.45, 7) is 1.04. The van der Waals surface area contributed by atoms with Crippen LogP contribution >= 0.6 is 23.2 Å². The molecule has 0 N–H and O–H groups in total. The molecule has 0 unspecified atom stereocenters. The number of hydrogen-bond acceptors (Lipinski definition) is 5. The molecule has 2 aromatic rings. The van der Waals surface area contributed by atoms with Crippen LogP contribution in [0.2, 0.25) is 10.0 Å². The molecule has 1 atom stereocenters. The molecule has 24 heavy (non-hydrogen) atoms. The van der Waals surface area contributed by atoms with Crippen molar-refractivity contribution in [3.05, 3.63) is 46.8 Å². The third-order valence-electron chi connectivity index (χ3n) is 3.59. The van der Waals surface area contributed by atoms with E-state index in [0.29, 0.717) is 34.8 Å². The number of nitrogens with zero attached hydrogens (tertiary/aromatic N) is 3. The number of likely N-dealkylation sites (tertiary alicyclic amines) is 1. The lowest BCUT2D eigenvalue weighted by Crippen LogP contribution is -2.34. The highest BCUT2D eigenvalue weighted by Gasteiger charge is 2.28. The van der Waals surface area contributed by atoms with Crippen molar-refractivity contribution in [1.82, 2.24) is 14.9 Å². The average Bonchev–Trinajstić information content (AvgIpc) is 3.03. The average molecular weight is 368 g/mol. The molecule has 0 saturated carbocycles. The molecular formula is C16H15Cl2N3O3. The number of ether oxygens (including phenoxy) is 2. The summed E-state index contributed by atoms with van der Waals surface area (Å²) in [5.74, 6) is 0.825. The van der Waals surface area contributed by atoms with Crippen LogP contribution in [-0.4, -0.2) is 46.6 Å². The van der Waals surface area contributed by atoms with Crippen molar-refractivity contribution in [2.45, 2.75) is 12.5 Å². The number of rotatable bonds is 5. The minimum absolute atomic E-state index is 0.0806. The zero-order valence-corrected chi connectivity index (χ0v) is 14.2. The normalized spacial score (nSPS) is 16.9. The second-order valence-corrected chi connectivity index (χ2v) is 6.12. The fourth-order valence-electron chi connectivity index (χ4n) is 2.39. The Morgan fingerprint density at radius 2 is 2.21 bits per heavy atom. The maximum atomic E-state index is 12.2. The summed E-state index contributed by atoms with van der Waals surface area (Å²) in [4.78, 5) is 21.8. The van der Waals surface area contributed by atoms with E-state index in [1.165, 1.54) is 6.33 Å². The molecule has 0 spiro atoms. The fraction of sp³-hybridized carbons (Fsp3) is 0.312. The zero-order chi connectivity index (χ0) is 16.9. The largest absolute Gasteiger partial charge is 0.482 e. The minimum atomic E-state index is -0.116. The first-order valence-electron chi connectivity index (χ1n) is 7.40. The molecule has 6 nitrogen and oxygen atoms in total. The molecule has 1 saturated heterocycles. The first-order chi connectivity index (χ1) is 11.6. The van der Waals surface area contributed by atoms with Crippen molar-refractivity contribution < 1.29 is 14.3 Å². The quantitative estimate of drug-likeness (QED) is 0.812. The molecule has 1 aliphatic heterocycles. The molecule has 126 valence electrons. The van der Waals surface area contributed by atoms with E-state index >= 15 is 0 Å². The van der Waals surface area contributed by atoms with E-state index in [1.807, 2.05) is 0 Å². The van der Waals surface area contributed by atoms with Crippen molar-refractivity contribution in [3.63, 3.8) is 0 Å². The smallest absolute Gasteiger partial charge is 0.260 e. The van der Waals surface area contributed by atoms with Gasteiger partial charge in [0.1, 0.15) is 18.2 Å². The van der Waals surface area contributed by atoms with E-state index in [9.17, 15) is 4.79 Å². The maximum absolute atomic E-state index is 12.2. The van der Waals surface area contributed by atoms with Crippen LogP contribution in [0.25, 0.3) is 0 Å². The third kappa shape index (κ3) is 4.27. The molecular weight excluding hydrogens is 353 g/mol. The Balaban J connectivity index is 1.49. The van der Waals surface area contributed by atoms with Gasteiger partial charge in [-0.15, -0.1) is 0 Å². The minimum Gasteiger partial charge on any atom is -0.482 e. The van der Waals surface area contributed by atoms with Crippen LogP contribution in [0.5, 0.6) is 11.6 Å². The Morgan fingerprint density at radius 1 is 1.33 bits per heavy atom. The van der Waals surface area contributed by atoms with E-state index < -0.39 is 0 Å². The van der Waals surface area contributed by atoms with Crippen LogP contribution in [0.4, 0.5) is 0 Å². The molecule has 1 aromatic heterocycles. The van der Waals surface area contributed by atoms with Gasteiger partial charge in [0.2, 0.25) is 5.88 Å². The lowest BCUT2D eigenvalue weighted by Gasteiger charge is -2.17. The van der Waals surface area contributed by atoms with Crippen molar-refractivity contribution in [3.8, 4) is 11.6 Å². The Morgan fingerprint density at radius 3 is 2.96 bits per heavy atom. The summed E-state index contributed by atoms with van der Waals surface area (Å²) < 4.78 is 11.2. The number of carbonyl (C=O) groups is 1. The van der Waals surface area contributed by atoms with E-state index in [2.05, 4.69) is 9.97 Å². The van der Waals surface area contributed by atoms with Crippen molar-refractivity contribution in [1.29, 1.82) is 0 Å². The van der Waals surface area contributed by atoms with Crippen LogP contribution in [0.1, 0.15) is 6.42 Å². The fourth-order valence-corrected chi connectivity index (χ4v) is 2.86. The second-order valence-electron chi connectivity index (χ2n) is 5.28. The van der Waals surface area contributed by atoms with Gasteiger partial charge in [-0.2, -0.15) is 0 Å². The lowest BCUT2D eigenvalue weighted by atomic mass is 10.3. The first-order valence-corrected chi connectivity index (χ1v) is 8.16. The van der Waals surface area contributed by atoms with Crippen LogP contribution in [0.15, 0.2) is 36.8 Å². The SMILES string of the molecule is O=C(COc1ccc(Cl)cc1Cl)N1CC[C@H](Oc2ccncn2)C1. The summed E-state index contributed by atoms with van der Waals surface area (Å²) in [7, 11) is 0. The summed E-state index contributed by atoms with van der Waals surface area (Å²) in [6, 6.07) is 6.57. The van der Waals surface area contributed by atoms with Gasteiger partial charge in [0.05, 0.1) is 11.6 Å². The Hall–Kier alpha value is -2.05. The van der Waals surface area contributed by atoms with Crippen molar-refractivity contribution in [2.24, 2.45) is 0 Å². The molecule has 2 heterocycles. The van der Waals surface area contributed by atoms with Gasteiger partial charge in [-0.3, -0.25) is 4.79 Å². The number of amides is 1. The van der Waals surface area contributed by atoms with Crippen molar-refractivity contribution in [2.75, 3.05) is 19.7 Å². The topological polar surface area (TPSA) is 64.5 Å². The van der Waals surface area contributed by atoms with Gasteiger partial charge >= 0.3 is 0 Å². The summed E-state index contributed by atoms with van der Waals surface area (Å²) in [5, 5.41) is 0.893. The van der Waals surface area contributed by atoms with Crippen LogP contribution in [-0.2, 0) is 4.79 Å². The Bertz CT molecular complexity index is 715. The van der Waals surface area contributed by atoms with Gasteiger partial charge in [0, 0.05) is 30.3 Å². The number of carbonyl (C=O) groups excluding carboxylic acids is 1. The second kappa shape index (κ2) is 7.68. The standard InChI is InChI=1S/C16H15Cl2N3O3/c17-11-1-2-14(13(18)7-11)23-9-16(22)21-6-4-12(8-21)24-15-3-5-19-10-20-15/h1-3,5,7,10,12H,4,6,8-9H2/t12-/m0/s1. The van der Waals surface area contributed by atoms with E-state index in [1.54, 1.807) is 35.4 Å². The first kappa shape index (κ1) is 16.8. The van der Waals surface area contributed by atoms with E-state index in [-0.39, 0.29) is 18.6 Å². The third-order valence-corrected chi connectivity index (χ3v) is 4.12. The molecule has 1 aliphatic rings. The lowest BCUT2D eigenvalue weighted by molar-refractivity contribution is -0.132. The predicted molar refractivity (Wildman–Crippen MR) is 89.6 cm³/mol. The van der Waals surface area contributed by atoms with Crippen LogP contribution in [0, 0.1) is 0 Å². The molecule has 0 aliphatic carbocycles. The highest BCUT2D eigenvalue weighted by atomic mass is 35.5. The monoisotopic (exact) mass is 367 g/mol. The number of hydrogen-bond donors (Lipinski definition) is 0. The van der Waals surface area contributed by atoms with Crippen LogP contribution < -0.4 is 9.47 Å². The molecule has 1 aromatic carbocycles. The van der Waals surface area contributed by atoms with Crippen LogP contribution in [0.3, 0.4) is 0 Å². The van der Waals surface area contributed by atoms with Crippen molar-refractivity contribution >= 4 is 29.1 Å².